The van der Waals surface area contributed by atoms with Crippen LogP contribution in [0, 0.1) is 0 Å². The van der Waals surface area contributed by atoms with Gasteiger partial charge in [0.2, 0.25) is 5.91 Å². The number of nitrogens with two attached hydrogens (primary N) is 1. The third kappa shape index (κ3) is 6.40. The first-order valence-electron chi connectivity index (χ1n) is 11.4. The molecule has 2 N–H and O–H groups in total. The molecule has 1 aliphatic heterocycles. The molecule has 3 rings (SSSR count). The van der Waals surface area contributed by atoms with Crippen molar-refractivity contribution in [3.05, 3.63) is 45.4 Å². The monoisotopic (exact) mass is 508 g/mol. The molecule has 9 heteroatoms. The van der Waals surface area contributed by atoms with Crippen LogP contribution in [0.2, 0.25) is 10.0 Å². The molecule has 0 unspecified atom stereocenters. The van der Waals surface area contributed by atoms with Gasteiger partial charge in [0.1, 0.15) is 0 Å². The number of halogens is 2. The lowest BCUT2D eigenvalue weighted by molar-refractivity contribution is -0.130. The summed E-state index contributed by atoms with van der Waals surface area (Å²) < 4.78 is 10.8. The minimum Gasteiger partial charge on any atom is -0.493 e. The van der Waals surface area contributed by atoms with Crippen molar-refractivity contribution in [2.24, 2.45) is 0 Å². The smallest absolute Gasteiger partial charge is 0.227 e. The third-order valence-electron chi connectivity index (χ3n) is 6.34. The minimum absolute atomic E-state index is 0.158. The summed E-state index contributed by atoms with van der Waals surface area (Å²) >= 11 is 12.3. The molecule has 0 bridgehead atoms. The number of carbonyl (C=O) groups is 1. The maximum atomic E-state index is 12.9. The van der Waals surface area contributed by atoms with Crippen molar-refractivity contribution in [2.45, 2.75) is 19.3 Å². The van der Waals surface area contributed by atoms with E-state index in [9.17, 15) is 4.79 Å². The van der Waals surface area contributed by atoms with E-state index >= 15 is 0 Å². The molecule has 1 aliphatic rings. The molecule has 0 fully saturated rings. The highest BCUT2D eigenvalue weighted by Crippen LogP contribution is 2.33. The predicted molar refractivity (Wildman–Crippen MR) is 140 cm³/mol. The molecule has 2 aromatic carbocycles. The molecular formula is C25H34Cl2N4O3. The van der Waals surface area contributed by atoms with Gasteiger partial charge in [0.15, 0.2) is 11.5 Å². The van der Waals surface area contributed by atoms with E-state index in [-0.39, 0.29) is 5.91 Å². The van der Waals surface area contributed by atoms with Gasteiger partial charge in [-0.1, -0.05) is 23.2 Å². The molecule has 0 aliphatic carbocycles. The van der Waals surface area contributed by atoms with Crippen LogP contribution in [0.15, 0.2) is 24.3 Å². The second-order valence-electron chi connectivity index (χ2n) is 8.68. The molecule has 0 aromatic heterocycles. The highest BCUT2D eigenvalue weighted by molar-refractivity contribution is 6.39. The van der Waals surface area contributed by atoms with Crippen LogP contribution in [-0.2, 0) is 17.6 Å². The Hall–Kier alpha value is -2.35. The number of carbonyl (C=O) groups excluding carboxylic acids is 1. The van der Waals surface area contributed by atoms with E-state index < -0.39 is 0 Å². The van der Waals surface area contributed by atoms with Gasteiger partial charge in [0, 0.05) is 38.9 Å². The van der Waals surface area contributed by atoms with Gasteiger partial charge in [-0.15, -0.1) is 0 Å². The van der Waals surface area contributed by atoms with E-state index in [1.54, 1.807) is 14.2 Å². The molecule has 0 spiro atoms. The molecule has 0 saturated heterocycles. The zero-order valence-electron chi connectivity index (χ0n) is 20.4. The number of ether oxygens (including phenoxy) is 2. The van der Waals surface area contributed by atoms with Crippen LogP contribution in [0.3, 0.4) is 0 Å². The first kappa shape index (κ1) is 26.3. The summed E-state index contributed by atoms with van der Waals surface area (Å²) in [6.07, 6.45) is 2.12. The molecule has 186 valence electrons. The third-order valence-corrected chi connectivity index (χ3v) is 6.97. The van der Waals surface area contributed by atoms with Crippen molar-refractivity contribution in [2.75, 3.05) is 71.7 Å². The summed E-state index contributed by atoms with van der Waals surface area (Å²) in [6.45, 7) is 4.04. The Morgan fingerprint density at radius 1 is 0.971 bits per heavy atom. The van der Waals surface area contributed by atoms with Crippen molar-refractivity contribution in [3.8, 4) is 11.5 Å². The fourth-order valence-corrected chi connectivity index (χ4v) is 4.61. The van der Waals surface area contributed by atoms with Gasteiger partial charge in [0.25, 0.3) is 0 Å². The number of nitrogens with zero attached hydrogens (tertiary/aromatic N) is 3. The van der Waals surface area contributed by atoms with E-state index in [4.69, 9.17) is 38.4 Å². The molecule has 0 saturated carbocycles. The van der Waals surface area contributed by atoms with Crippen LogP contribution >= 0.6 is 23.2 Å². The fraction of sp³-hybridized carbons (Fsp3) is 0.480. The van der Waals surface area contributed by atoms with Crippen LogP contribution < -0.4 is 20.1 Å². The lowest BCUT2D eigenvalue weighted by atomic mass is 10.0. The summed E-state index contributed by atoms with van der Waals surface area (Å²) in [6, 6.07) is 7.59. The quantitative estimate of drug-likeness (QED) is 0.489. The first-order chi connectivity index (χ1) is 16.2. The Kier molecular flexibility index (Phi) is 9.17. The maximum Gasteiger partial charge on any atom is 0.227 e. The first-order valence-corrected chi connectivity index (χ1v) is 12.1. The molecule has 1 heterocycles. The van der Waals surface area contributed by atoms with E-state index in [0.717, 1.165) is 55.8 Å². The second kappa shape index (κ2) is 11.9. The zero-order chi connectivity index (χ0) is 24.8. The number of likely N-dealkylation sites (N-methyl/N-ethyl adjacent to an activating group) is 2. The van der Waals surface area contributed by atoms with Gasteiger partial charge in [0.05, 0.1) is 36.4 Å². The molecule has 7 nitrogen and oxygen atoms in total. The van der Waals surface area contributed by atoms with E-state index in [2.05, 4.69) is 16.8 Å². The molecule has 2 aromatic rings. The zero-order valence-corrected chi connectivity index (χ0v) is 21.9. The average molecular weight is 509 g/mol. The normalized spacial score (nSPS) is 13.6. The van der Waals surface area contributed by atoms with Gasteiger partial charge in [-0.3, -0.25) is 4.79 Å². The minimum atomic E-state index is 0.158. The number of amides is 1. The number of anilines is 2. The highest BCUT2D eigenvalue weighted by atomic mass is 35.5. The Morgan fingerprint density at radius 3 is 2.21 bits per heavy atom. The summed E-state index contributed by atoms with van der Waals surface area (Å²) in [7, 11) is 7.34. The maximum absolute atomic E-state index is 12.9. The largest absolute Gasteiger partial charge is 0.493 e. The Balaban J connectivity index is 1.47. The van der Waals surface area contributed by atoms with Crippen LogP contribution in [-0.4, -0.2) is 76.7 Å². The summed E-state index contributed by atoms with van der Waals surface area (Å²) in [5.74, 6) is 1.53. The van der Waals surface area contributed by atoms with Gasteiger partial charge in [-0.2, -0.15) is 0 Å². The van der Waals surface area contributed by atoms with Crippen molar-refractivity contribution in [3.63, 3.8) is 0 Å². The SMILES string of the molecule is COc1cc2c(cc1OC)CC(=O)N(CCCN(C)CCN(C)c1cc(Cl)c(N)c(Cl)c1)CC2. The molecule has 0 radical (unpaired) electrons. The molecular weight excluding hydrogens is 475 g/mol. The fourth-order valence-electron chi connectivity index (χ4n) is 4.14. The van der Waals surface area contributed by atoms with Gasteiger partial charge in [-0.05, 0) is 61.8 Å². The summed E-state index contributed by atoms with van der Waals surface area (Å²) in [5, 5.41) is 0.924. The second-order valence-corrected chi connectivity index (χ2v) is 9.50. The van der Waals surface area contributed by atoms with Crippen molar-refractivity contribution >= 4 is 40.5 Å². The van der Waals surface area contributed by atoms with E-state index in [0.29, 0.717) is 40.2 Å². The van der Waals surface area contributed by atoms with Gasteiger partial charge < -0.3 is 29.9 Å². The van der Waals surface area contributed by atoms with Gasteiger partial charge >= 0.3 is 0 Å². The number of fused-ring (bicyclic) bond motifs is 1. The molecule has 1 amide bonds. The number of nitrogen functional groups attached to an aromatic ring is 1. The summed E-state index contributed by atoms with van der Waals surface area (Å²) in [5.41, 5.74) is 9.34. The van der Waals surface area contributed by atoms with Crippen LogP contribution in [0.25, 0.3) is 0 Å². The Bertz CT molecular complexity index is 995. The lowest BCUT2D eigenvalue weighted by Crippen LogP contribution is -2.36. The number of hydrogen-bond donors (Lipinski definition) is 1. The van der Waals surface area contributed by atoms with Crippen LogP contribution in [0.1, 0.15) is 17.5 Å². The van der Waals surface area contributed by atoms with Crippen molar-refractivity contribution in [1.29, 1.82) is 0 Å². The Labute approximate surface area is 212 Å². The number of rotatable bonds is 10. The van der Waals surface area contributed by atoms with Gasteiger partial charge in [-0.25, -0.2) is 0 Å². The lowest BCUT2D eigenvalue weighted by Gasteiger charge is -2.25. The predicted octanol–water partition coefficient (Wildman–Crippen LogP) is 3.98. The standard InChI is InChI=1S/C25H34Cl2N4O3/c1-29(10-11-30(2)19-15-20(26)25(28)21(27)16-19)7-5-8-31-9-6-17-12-22(33-3)23(34-4)13-18(17)14-24(31)32/h12-13,15-16H,5-11,14,28H2,1-4H3. The van der Waals surface area contributed by atoms with Crippen LogP contribution in [0.5, 0.6) is 11.5 Å². The number of methoxy groups -OCH3 is 2. The average Bonchev–Trinajstić information content (AvgIpc) is 2.97. The van der Waals surface area contributed by atoms with E-state index in [1.165, 1.54) is 0 Å². The van der Waals surface area contributed by atoms with Crippen molar-refractivity contribution in [1.82, 2.24) is 9.80 Å². The molecule has 0 atom stereocenters. The van der Waals surface area contributed by atoms with Crippen LogP contribution in [0.4, 0.5) is 11.4 Å². The topological polar surface area (TPSA) is 71.3 Å². The molecule has 34 heavy (non-hydrogen) atoms. The summed E-state index contributed by atoms with van der Waals surface area (Å²) in [4.78, 5) is 19.2. The Morgan fingerprint density at radius 2 is 1.59 bits per heavy atom. The highest BCUT2D eigenvalue weighted by Gasteiger charge is 2.22. The van der Waals surface area contributed by atoms with Crippen molar-refractivity contribution < 1.29 is 14.3 Å². The number of hydrogen-bond acceptors (Lipinski definition) is 6. The van der Waals surface area contributed by atoms with E-state index in [1.807, 2.05) is 36.2 Å². The number of benzene rings is 2.